The molecule has 2 saturated heterocycles. The van der Waals surface area contributed by atoms with Crippen LogP contribution in [0.15, 0.2) is 0 Å². The molecule has 1 aromatic rings. The first-order valence-corrected chi connectivity index (χ1v) is 15.0. The van der Waals surface area contributed by atoms with Gasteiger partial charge >= 0.3 is 0 Å². The van der Waals surface area contributed by atoms with E-state index in [-0.39, 0.29) is 5.91 Å². The molecule has 0 spiro atoms. The Bertz CT molecular complexity index is 913. The quantitative estimate of drug-likeness (QED) is 0.644. The first-order valence-electron chi connectivity index (χ1n) is 15.0. The van der Waals surface area contributed by atoms with Crippen LogP contribution in [0, 0.1) is 23.7 Å². The standard InChI is InChI=1S/C29H45N5O/c1-2-7-34-26-6-5-24(19-25(26)27(30-34)29(35)33-8-3-4-9-33)31-10-12-32(13-11-31)28-22-15-20-14-21(17-22)18-23(28)16-20/h20-24,28H,2-19H2,1H3/t20?,21?,22?,23?,24-,28?/m1/s1. The minimum Gasteiger partial charge on any atom is -0.337 e. The Hall–Kier alpha value is -1.40. The average molecular weight is 480 g/mol. The first-order chi connectivity index (χ1) is 17.2. The van der Waals surface area contributed by atoms with Crippen LogP contribution in [0.25, 0.3) is 0 Å². The van der Waals surface area contributed by atoms with E-state index < -0.39 is 0 Å². The van der Waals surface area contributed by atoms with Crippen molar-refractivity contribution in [3.05, 3.63) is 17.0 Å². The molecule has 35 heavy (non-hydrogen) atoms. The number of carbonyl (C=O) groups is 1. The molecule has 6 fully saturated rings. The maximum absolute atomic E-state index is 13.4. The Labute approximate surface area is 211 Å². The highest BCUT2D eigenvalue weighted by atomic mass is 16.2. The summed E-state index contributed by atoms with van der Waals surface area (Å²) in [6.07, 6.45) is 14.3. The van der Waals surface area contributed by atoms with Crippen LogP contribution in [0.5, 0.6) is 0 Å². The van der Waals surface area contributed by atoms with Gasteiger partial charge in [0.1, 0.15) is 0 Å². The number of aryl methyl sites for hydroxylation is 1. The Morgan fingerprint density at radius 3 is 2.20 bits per heavy atom. The second-order valence-electron chi connectivity index (χ2n) is 12.9. The number of likely N-dealkylation sites (tertiary alicyclic amines) is 1. The molecule has 4 bridgehead atoms. The molecule has 192 valence electrons. The normalized spacial score (nSPS) is 37.2. The number of carbonyl (C=O) groups excluding carboxylic acids is 1. The van der Waals surface area contributed by atoms with Crippen molar-refractivity contribution >= 4 is 5.91 Å². The number of nitrogens with zero attached hydrogens (tertiary/aromatic N) is 5. The van der Waals surface area contributed by atoms with Crippen LogP contribution in [-0.4, -0.2) is 81.7 Å². The highest BCUT2D eigenvalue weighted by Gasteiger charge is 2.50. The molecule has 0 radical (unpaired) electrons. The van der Waals surface area contributed by atoms with E-state index in [2.05, 4.69) is 21.4 Å². The van der Waals surface area contributed by atoms with Crippen molar-refractivity contribution in [1.29, 1.82) is 0 Å². The zero-order chi connectivity index (χ0) is 23.5. The molecular formula is C29H45N5O. The number of aromatic nitrogens is 2. The van der Waals surface area contributed by atoms with Gasteiger partial charge in [0.15, 0.2) is 5.69 Å². The van der Waals surface area contributed by atoms with Gasteiger partial charge in [-0.15, -0.1) is 0 Å². The summed E-state index contributed by atoms with van der Waals surface area (Å²) in [7, 11) is 0. The molecule has 1 atom stereocenters. The third-order valence-electron chi connectivity index (χ3n) is 10.8. The van der Waals surface area contributed by atoms with Crippen molar-refractivity contribution < 1.29 is 4.79 Å². The van der Waals surface area contributed by atoms with Crippen molar-refractivity contribution in [3.63, 3.8) is 0 Å². The van der Waals surface area contributed by atoms with Gasteiger partial charge < -0.3 is 4.90 Å². The maximum Gasteiger partial charge on any atom is 0.274 e. The summed E-state index contributed by atoms with van der Waals surface area (Å²) in [5.74, 6) is 4.33. The smallest absolute Gasteiger partial charge is 0.274 e. The second kappa shape index (κ2) is 9.16. The number of hydrogen-bond acceptors (Lipinski definition) is 4. The zero-order valence-electron chi connectivity index (χ0n) is 21.8. The lowest BCUT2D eigenvalue weighted by Crippen LogP contribution is -2.61. The molecule has 3 heterocycles. The molecule has 7 aliphatic rings. The van der Waals surface area contributed by atoms with E-state index in [1.165, 1.54) is 69.5 Å². The lowest BCUT2D eigenvalue weighted by atomic mass is 9.54. The first kappa shape index (κ1) is 22.8. The van der Waals surface area contributed by atoms with Gasteiger partial charge in [-0.1, -0.05) is 6.92 Å². The average Bonchev–Trinajstić information content (AvgIpc) is 3.52. The van der Waals surface area contributed by atoms with Gasteiger partial charge in [-0.2, -0.15) is 5.10 Å². The van der Waals surface area contributed by atoms with Gasteiger partial charge in [0.05, 0.1) is 0 Å². The molecule has 2 aliphatic heterocycles. The van der Waals surface area contributed by atoms with Crippen LogP contribution in [0.4, 0.5) is 0 Å². The summed E-state index contributed by atoms with van der Waals surface area (Å²) in [6.45, 7) is 9.89. The summed E-state index contributed by atoms with van der Waals surface area (Å²) in [5, 5.41) is 4.92. The predicted octanol–water partition coefficient (Wildman–Crippen LogP) is 3.83. The van der Waals surface area contributed by atoms with Crippen LogP contribution in [0.1, 0.15) is 86.5 Å². The molecule has 4 saturated carbocycles. The summed E-state index contributed by atoms with van der Waals surface area (Å²) in [5.41, 5.74) is 3.43. The van der Waals surface area contributed by atoms with Crippen molar-refractivity contribution in [3.8, 4) is 0 Å². The van der Waals surface area contributed by atoms with Crippen LogP contribution in [0.2, 0.25) is 0 Å². The lowest BCUT2D eigenvalue weighted by Gasteiger charge is -2.58. The number of fused-ring (bicyclic) bond motifs is 1. The molecule has 8 rings (SSSR count). The Balaban J connectivity index is 1.04. The summed E-state index contributed by atoms with van der Waals surface area (Å²) in [6, 6.07) is 1.47. The largest absolute Gasteiger partial charge is 0.337 e. The third-order valence-corrected chi connectivity index (χ3v) is 10.8. The summed E-state index contributed by atoms with van der Waals surface area (Å²) < 4.78 is 2.18. The van der Waals surface area contributed by atoms with Crippen LogP contribution < -0.4 is 0 Å². The monoisotopic (exact) mass is 479 g/mol. The molecule has 0 aromatic carbocycles. The zero-order valence-corrected chi connectivity index (χ0v) is 21.8. The number of piperazine rings is 1. The van der Waals surface area contributed by atoms with Gasteiger partial charge in [0, 0.05) is 69.2 Å². The van der Waals surface area contributed by atoms with Crippen LogP contribution in [0.3, 0.4) is 0 Å². The summed E-state index contributed by atoms with van der Waals surface area (Å²) >= 11 is 0. The van der Waals surface area contributed by atoms with E-state index in [1.807, 2.05) is 4.90 Å². The topological polar surface area (TPSA) is 44.6 Å². The van der Waals surface area contributed by atoms with E-state index in [0.29, 0.717) is 6.04 Å². The fourth-order valence-electron chi connectivity index (χ4n) is 9.51. The van der Waals surface area contributed by atoms with Gasteiger partial charge in [0.25, 0.3) is 5.91 Å². The van der Waals surface area contributed by atoms with Crippen molar-refractivity contribution in [2.24, 2.45) is 23.7 Å². The van der Waals surface area contributed by atoms with Gasteiger partial charge in [0.2, 0.25) is 0 Å². The highest BCUT2D eigenvalue weighted by Crippen LogP contribution is 2.55. The van der Waals surface area contributed by atoms with E-state index in [0.717, 1.165) is 87.1 Å². The van der Waals surface area contributed by atoms with Gasteiger partial charge in [-0.05, 0) is 94.3 Å². The lowest BCUT2D eigenvalue weighted by molar-refractivity contribution is -0.0794. The van der Waals surface area contributed by atoms with Crippen molar-refractivity contribution in [1.82, 2.24) is 24.5 Å². The van der Waals surface area contributed by atoms with Gasteiger partial charge in [-0.3, -0.25) is 19.3 Å². The third kappa shape index (κ3) is 3.98. The molecule has 0 N–H and O–H groups in total. The molecule has 1 amide bonds. The van der Waals surface area contributed by atoms with E-state index in [4.69, 9.17) is 5.10 Å². The molecule has 6 heteroatoms. The van der Waals surface area contributed by atoms with E-state index >= 15 is 0 Å². The van der Waals surface area contributed by atoms with Crippen LogP contribution in [-0.2, 0) is 19.4 Å². The fourth-order valence-corrected chi connectivity index (χ4v) is 9.51. The molecule has 0 unspecified atom stereocenters. The van der Waals surface area contributed by atoms with Crippen molar-refractivity contribution in [2.45, 2.75) is 96.2 Å². The molecule has 1 aromatic heterocycles. The van der Waals surface area contributed by atoms with E-state index in [9.17, 15) is 4.79 Å². The number of rotatable bonds is 5. The van der Waals surface area contributed by atoms with Crippen molar-refractivity contribution in [2.75, 3.05) is 39.3 Å². The summed E-state index contributed by atoms with van der Waals surface area (Å²) in [4.78, 5) is 21.1. The van der Waals surface area contributed by atoms with Crippen LogP contribution >= 0.6 is 0 Å². The van der Waals surface area contributed by atoms with E-state index in [1.54, 1.807) is 6.42 Å². The predicted molar refractivity (Wildman–Crippen MR) is 137 cm³/mol. The highest BCUT2D eigenvalue weighted by molar-refractivity contribution is 5.94. The minimum atomic E-state index is 0.195. The number of hydrogen-bond donors (Lipinski definition) is 0. The Kier molecular flexibility index (Phi) is 5.96. The maximum atomic E-state index is 13.4. The minimum absolute atomic E-state index is 0.195. The molecule has 5 aliphatic carbocycles. The molecule has 6 nitrogen and oxygen atoms in total. The fraction of sp³-hybridized carbons (Fsp3) is 0.862. The number of amides is 1. The Morgan fingerprint density at radius 2 is 1.54 bits per heavy atom. The SMILES string of the molecule is CCCn1nc(C(=O)N2CCCC2)c2c1CC[C@@H](N1CCN(C3C4CC5CC(C4)CC3C5)CC1)C2. The second-order valence-corrected chi connectivity index (χ2v) is 12.9. The Morgan fingerprint density at radius 1 is 0.886 bits per heavy atom. The van der Waals surface area contributed by atoms with Gasteiger partial charge in [-0.25, -0.2) is 0 Å². The molecular weight excluding hydrogens is 434 g/mol.